The van der Waals surface area contributed by atoms with Crippen molar-refractivity contribution in [3.63, 3.8) is 0 Å². The molecule has 1 atom stereocenters. The quantitative estimate of drug-likeness (QED) is 0.210. The molecule has 0 radical (unpaired) electrons. The van der Waals surface area contributed by atoms with Crippen molar-refractivity contribution in [3.8, 4) is 0 Å². The molecule has 90 valence electrons. The highest BCUT2D eigenvalue weighted by Crippen LogP contribution is 2.11. The van der Waals surface area contributed by atoms with Crippen molar-refractivity contribution in [1.82, 2.24) is 15.3 Å². The second-order valence-electron chi connectivity index (χ2n) is 2.93. The largest absolute Gasteiger partial charge is 0.356 e. The van der Waals surface area contributed by atoms with Gasteiger partial charge in [-0.3, -0.25) is 14.8 Å². The Morgan fingerprint density at radius 2 is 1.69 bits per heavy atom. The average Bonchev–Trinajstić information content (AvgIpc) is 2.44. The number of aliphatic hydroxyl groups is 1. The molecule has 1 aliphatic rings. The number of nitrogens with two attached hydrogens (primary N) is 3. The van der Waals surface area contributed by atoms with Gasteiger partial charge in [0.2, 0.25) is 6.35 Å². The molecule has 11 N–H and O–H groups in total. The van der Waals surface area contributed by atoms with Crippen LogP contribution in [0.15, 0.2) is 4.79 Å². The minimum absolute atomic E-state index is 0.102. The van der Waals surface area contributed by atoms with Crippen molar-refractivity contribution in [2.24, 2.45) is 17.2 Å². The predicted molar refractivity (Wildman–Crippen MR) is 54.9 cm³/mol. The number of imidazole rings is 1. The van der Waals surface area contributed by atoms with Gasteiger partial charge in [-0.1, -0.05) is 0 Å². The van der Waals surface area contributed by atoms with E-state index in [0.29, 0.717) is 0 Å². The highest BCUT2D eigenvalue weighted by molar-refractivity contribution is 5.98. The van der Waals surface area contributed by atoms with E-state index in [1.54, 1.807) is 0 Å². The fourth-order valence-corrected chi connectivity index (χ4v) is 1.03. The molecule has 0 bridgehead atoms. The number of carbonyl (C=O) groups is 1. The Hall–Kier alpha value is -1.88. The Bertz CT molecular complexity index is 419. The van der Waals surface area contributed by atoms with Crippen molar-refractivity contribution in [2.45, 2.75) is 12.6 Å². The molecule has 0 fully saturated rings. The summed E-state index contributed by atoms with van der Waals surface area (Å²) in [5.41, 5.74) is 13.6. The van der Waals surface area contributed by atoms with Gasteiger partial charge < -0.3 is 32.9 Å². The fourth-order valence-electron chi connectivity index (χ4n) is 1.03. The van der Waals surface area contributed by atoms with Gasteiger partial charge in [0.25, 0.3) is 5.91 Å². The first-order valence-corrected chi connectivity index (χ1v) is 4.24. The van der Waals surface area contributed by atoms with Crippen molar-refractivity contribution in [1.29, 1.82) is 0 Å². The Labute approximate surface area is 89.2 Å². The number of H-pyrrole nitrogens is 2. The first kappa shape index (κ1) is 12.2. The maximum absolute atomic E-state index is 11.0. The van der Waals surface area contributed by atoms with E-state index in [9.17, 15) is 9.59 Å². The Morgan fingerprint density at radius 1 is 1.12 bits per heavy atom. The number of anilines is 1. The van der Waals surface area contributed by atoms with Gasteiger partial charge in [-0.15, -0.1) is 0 Å². The van der Waals surface area contributed by atoms with Gasteiger partial charge in [0.05, 0.1) is 0 Å². The van der Waals surface area contributed by atoms with Crippen molar-refractivity contribution in [3.05, 3.63) is 16.2 Å². The molecule has 1 unspecified atom stereocenters. The first-order chi connectivity index (χ1) is 7.40. The van der Waals surface area contributed by atoms with Crippen LogP contribution in [0.25, 0.3) is 0 Å². The lowest BCUT2D eigenvalue weighted by Crippen LogP contribution is -2.44. The topological polar surface area (TPSA) is 188 Å². The molecule has 0 saturated carbocycles. The van der Waals surface area contributed by atoms with Crippen LogP contribution in [-0.4, -0.2) is 33.6 Å². The van der Waals surface area contributed by atoms with E-state index < -0.39 is 24.2 Å². The molecule has 1 aromatic heterocycles. The van der Waals surface area contributed by atoms with Crippen LogP contribution in [0.1, 0.15) is 10.5 Å². The Balaban J connectivity index is 0.000000280. The van der Waals surface area contributed by atoms with Gasteiger partial charge in [0, 0.05) is 0 Å². The standard InChI is InChI=1S/C5H6N4O3.CH7N3/c10-3-1-2(7-4(11)6-1)8-5(12)9-3;2-1(3)4/h5,8,12H,(H,9,10)(H2,6,7,11);1H,2-4H2. The van der Waals surface area contributed by atoms with Crippen LogP contribution in [0.3, 0.4) is 0 Å². The van der Waals surface area contributed by atoms with E-state index in [0.717, 1.165) is 0 Å². The number of aliphatic hydroxyl groups excluding tert-OH is 1. The monoisotopic (exact) mass is 231 g/mol. The summed E-state index contributed by atoms with van der Waals surface area (Å²) in [7, 11) is 0. The zero-order chi connectivity index (χ0) is 12.3. The summed E-state index contributed by atoms with van der Waals surface area (Å²) in [6, 6.07) is 0. The Morgan fingerprint density at radius 3 is 2.25 bits per heavy atom. The summed E-state index contributed by atoms with van der Waals surface area (Å²) >= 11 is 0. The molecule has 0 saturated heterocycles. The van der Waals surface area contributed by atoms with Crippen LogP contribution in [-0.2, 0) is 0 Å². The second kappa shape index (κ2) is 4.76. The van der Waals surface area contributed by atoms with E-state index in [-0.39, 0.29) is 11.5 Å². The maximum atomic E-state index is 11.0. The minimum Gasteiger partial charge on any atom is -0.356 e. The number of amides is 1. The summed E-state index contributed by atoms with van der Waals surface area (Å²) in [4.78, 5) is 26.3. The molecule has 2 rings (SSSR count). The number of hydrogen-bond acceptors (Lipinski definition) is 7. The van der Waals surface area contributed by atoms with Gasteiger partial charge >= 0.3 is 5.69 Å². The lowest BCUT2D eigenvalue weighted by Gasteiger charge is -2.19. The van der Waals surface area contributed by atoms with Gasteiger partial charge in [0.1, 0.15) is 17.8 Å². The van der Waals surface area contributed by atoms with Crippen LogP contribution in [0, 0.1) is 0 Å². The summed E-state index contributed by atoms with van der Waals surface area (Å²) in [6.07, 6.45) is -1.82. The lowest BCUT2D eigenvalue weighted by atomic mass is 10.3. The van der Waals surface area contributed by atoms with Gasteiger partial charge in [-0.2, -0.15) is 0 Å². The van der Waals surface area contributed by atoms with Crippen molar-refractivity contribution >= 4 is 11.7 Å². The number of aromatic nitrogens is 2. The summed E-state index contributed by atoms with van der Waals surface area (Å²) in [6.45, 7) is 0. The fraction of sp³-hybridized carbons (Fsp3) is 0.333. The third-order valence-corrected chi connectivity index (χ3v) is 1.50. The molecule has 0 aromatic carbocycles. The van der Waals surface area contributed by atoms with Crippen LogP contribution in [0.2, 0.25) is 0 Å². The number of carbonyl (C=O) groups excluding carboxylic acids is 1. The highest BCUT2D eigenvalue weighted by Gasteiger charge is 2.24. The van der Waals surface area contributed by atoms with E-state index in [2.05, 4.69) is 37.8 Å². The van der Waals surface area contributed by atoms with Crippen LogP contribution in [0.4, 0.5) is 5.82 Å². The molecule has 1 aromatic rings. The molecule has 16 heavy (non-hydrogen) atoms. The number of fused-ring (bicyclic) bond motifs is 1. The molecular formula is C6H13N7O3. The van der Waals surface area contributed by atoms with Gasteiger partial charge in [0.15, 0.2) is 0 Å². The van der Waals surface area contributed by atoms with Gasteiger partial charge in [-0.25, -0.2) is 4.79 Å². The van der Waals surface area contributed by atoms with E-state index in [1.165, 1.54) is 0 Å². The van der Waals surface area contributed by atoms with E-state index >= 15 is 0 Å². The van der Waals surface area contributed by atoms with Crippen molar-refractivity contribution < 1.29 is 9.90 Å². The third kappa shape index (κ3) is 3.06. The first-order valence-electron chi connectivity index (χ1n) is 4.24. The second-order valence-corrected chi connectivity index (χ2v) is 2.93. The summed E-state index contributed by atoms with van der Waals surface area (Å²) in [5, 5.41) is 13.6. The molecule has 10 nitrogen and oxygen atoms in total. The zero-order valence-electron chi connectivity index (χ0n) is 8.15. The molecule has 2 heterocycles. The van der Waals surface area contributed by atoms with Crippen molar-refractivity contribution in [2.75, 3.05) is 5.32 Å². The molecule has 0 spiro atoms. The molecule has 10 heteroatoms. The normalized spacial score (nSPS) is 18.1. The molecule has 0 aliphatic carbocycles. The molecule has 1 amide bonds. The maximum Gasteiger partial charge on any atom is 0.325 e. The van der Waals surface area contributed by atoms with Crippen LogP contribution in [0.5, 0.6) is 0 Å². The third-order valence-electron chi connectivity index (χ3n) is 1.50. The van der Waals surface area contributed by atoms with E-state index in [4.69, 9.17) is 5.11 Å². The van der Waals surface area contributed by atoms with Crippen LogP contribution >= 0.6 is 0 Å². The number of nitrogens with one attached hydrogen (secondary N) is 4. The SMILES string of the molecule is NC(N)N.O=C1NC(O)Nc2[nH]c(=O)[nH]c21. The Kier molecular flexibility index (Phi) is 3.63. The molecular weight excluding hydrogens is 218 g/mol. The highest BCUT2D eigenvalue weighted by atomic mass is 16.3. The smallest absolute Gasteiger partial charge is 0.325 e. The molecule has 1 aliphatic heterocycles. The predicted octanol–water partition coefficient (Wildman–Crippen LogP) is -3.72. The zero-order valence-corrected chi connectivity index (χ0v) is 8.15. The lowest BCUT2D eigenvalue weighted by molar-refractivity contribution is 0.0808. The van der Waals surface area contributed by atoms with E-state index in [1.807, 2.05) is 0 Å². The van der Waals surface area contributed by atoms with Crippen LogP contribution < -0.4 is 33.5 Å². The number of aromatic amines is 2. The summed E-state index contributed by atoms with van der Waals surface area (Å²) in [5.74, 6) is -0.314. The minimum atomic E-state index is -1.16. The number of rotatable bonds is 0. The van der Waals surface area contributed by atoms with Gasteiger partial charge in [-0.05, 0) is 0 Å². The number of hydrogen-bond donors (Lipinski definition) is 8. The summed E-state index contributed by atoms with van der Waals surface area (Å²) < 4.78 is 0. The average molecular weight is 231 g/mol.